The molecule has 0 aromatic heterocycles. The van der Waals surface area contributed by atoms with Gasteiger partial charge in [-0.1, -0.05) is 70.9 Å². The van der Waals surface area contributed by atoms with E-state index in [0.29, 0.717) is 33.6 Å². The van der Waals surface area contributed by atoms with Crippen molar-refractivity contribution in [1.29, 1.82) is 0 Å². The average molecular weight is 515 g/mol. The maximum absolute atomic E-state index is 10.5. The molecule has 0 amide bonds. The third kappa shape index (κ3) is 3.60. The number of aromatic hydroxyl groups is 4. The molecule has 10 heteroatoms. The summed E-state index contributed by atoms with van der Waals surface area (Å²) in [7, 11) is 0. The molecule has 2 aliphatic carbocycles. The van der Waals surface area contributed by atoms with Gasteiger partial charge in [-0.2, -0.15) is 0 Å². The molecule has 2 aliphatic rings. The van der Waals surface area contributed by atoms with Crippen molar-refractivity contribution in [2.45, 2.75) is 5.41 Å². The van der Waals surface area contributed by atoms with Gasteiger partial charge in [-0.3, -0.25) is 0 Å². The quantitative estimate of drug-likeness (QED) is 0.0949. The fraction of sp³-hybridized carbons (Fsp3) is 0.0345. The molecule has 4 aromatic carbocycles. The molecular weight excluding hydrogens is 496 g/mol. The summed E-state index contributed by atoms with van der Waals surface area (Å²) >= 11 is 0. The molecule has 4 N–H and O–H groups in total. The molecule has 4 aromatic rings. The smallest absolute Gasteiger partial charge is 0.158 e. The first-order valence-corrected chi connectivity index (χ1v) is 11.7. The Morgan fingerprint density at radius 1 is 0.538 bits per heavy atom. The van der Waals surface area contributed by atoms with Crippen LogP contribution in [0.25, 0.3) is 32.0 Å². The number of phenols is 4. The van der Waals surface area contributed by atoms with Gasteiger partial charge in [0.05, 0.1) is 5.41 Å². The molecule has 0 fully saturated rings. The van der Waals surface area contributed by atoms with Gasteiger partial charge in [0.25, 0.3) is 0 Å². The van der Waals surface area contributed by atoms with Gasteiger partial charge < -0.3 is 20.4 Å². The van der Waals surface area contributed by atoms with Crippen molar-refractivity contribution in [2.75, 3.05) is 0 Å². The van der Waals surface area contributed by atoms with E-state index in [-0.39, 0.29) is 23.0 Å². The second kappa shape index (κ2) is 8.64. The number of azide groups is 2. The van der Waals surface area contributed by atoms with Gasteiger partial charge in [0.1, 0.15) is 0 Å². The van der Waals surface area contributed by atoms with Crippen molar-refractivity contribution in [3.8, 4) is 23.0 Å². The van der Waals surface area contributed by atoms with Crippen LogP contribution in [0.3, 0.4) is 0 Å². The number of nitrogens with zero attached hydrogens (tertiary/aromatic N) is 6. The van der Waals surface area contributed by atoms with E-state index >= 15 is 0 Å². The van der Waals surface area contributed by atoms with Gasteiger partial charge in [0, 0.05) is 21.2 Å². The SMILES string of the molecule is [N-]=[N+]=Nc1ccc(C2=CC3(C=C(c4ccc(N=[N+]=[N-])cc4)c4cc(O)c(O)cc43)c3cc(O)c(O)cc32)cc1. The van der Waals surface area contributed by atoms with Gasteiger partial charge in [0.2, 0.25) is 0 Å². The van der Waals surface area contributed by atoms with Crippen LogP contribution in [-0.2, 0) is 5.41 Å². The van der Waals surface area contributed by atoms with E-state index in [2.05, 4.69) is 20.1 Å². The zero-order valence-electron chi connectivity index (χ0n) is 20.1. The largest absolute Gasteiger partial charge is 0.504 e. The first-order valence-electron chi connectivity index (χ1n) is 11.7. The third-order valence-corrected chi connectivity index (χ3v) is 7.12. The topological polar surface area (TPSA) is 178 Å². The van der Waals surface area contributed by atoms with Gasteiger partial charge in [-0.15, -0.1) is 0 Å². The first kappa shape index (κ1) is 23.6. The summed E-state index contributed by atoms with van der Waals surface area (Å²) in [5.41, 5.74) is 23.1. The average Bonchev–Trinajstić information content (AvgIpc) is 3.41. The molecule has 0 atom stereocenters. The van der Waals surface area contributed by atoms with Crippen LogP contribution in [0.1, 0.15) is 33.4 Å². The molecule has 0 heterocycles. The summed E-state index contributed by atoms with van der Waals surface area (Å²) in [5, 5.41) is 49.1. The Bertz CT molecular complexity index is 1710. The Balaban J connectivity index is 1.64. The van der Waals surface area contributed by atoms with Gasteiger partial charge in [-0.25, -0.2) is 0 Å². The van der Waals surface area contributed by atoms with Crippen LogP contribution in [-0.4, -0.2) is 20.4 Å². The second-order valence-electron chi connectivity index (χ2n) is 9.23. The van der Waals surface area contributed by atoms with Gasteiger partial charge in [0.15, 0.2) is 23.0 Å². The molecule has 0 radical (unpaired) electrons. The Labute approximate surface area is 220 Å². The monoisotopic (exact) mass is 514 g/mol. The normalized spacial score (nSPS) is 16.5. The maximum Gasteiger partial charge on any atom is 0.158 e. The number of hydrogen-bond donors (Lipinski definition) is 4. The Hall–Kier alpha value is -5.82. The summed E-state index contributed by atoms with van der Waals surface area (Å²) in [6.07, 6.45) is 3.96. The molecule has 0 bridgehead atoms. The molecule has 39 heavy (non-hydrogen) atoms. The minimum Gasteiger partial charge on any atom is -0.504 e. The van der Waals surface area contributed by atoms with E-state index in [1.165, 1.54) is 24.3 Å². The third-order valence-electron chi connectivity index (χ3n) is 7.12. The number of allylic oxidation sites excluding steroid dienone is 2. The van der Waals surface area contributed by atoms with Crippen LogP contribution in [0, 0.1) is 0 Å². The maximum atomic E-state index is 10.5. The van der Waals surface area contributed by atoms with Crippen LogP contribution in [0.5, 0.6) is 23.0 Å². The lowest BCUT2D eigenvalue weighted by atomic mass is 9.78. The standard InChI is InChI=1S/C29H18N6O4/c30-34-32-17-5-1-15(2-6-17)21-13-29(23-11-27(38)25(36)9-19(21)23)14-22(16-3-7-18(8-4-16)33-35-31)20-10-26(37)28(39)12-24(20)29/h1-14,36-39H. The minimum atomic E-state index is -0.974. The lowest BCUT2D eigenvalue weighted by Gasteiger charge is -2.24. The highest BCUT2D eigenvalue weighted by Gasteiger charge is 2.45. The number of hydrogen-bond acceptors (Lipinski definition) is 6. The summed E-state index contributed by atoms with van der Waals surface area (Å²) in [6.45, 7) is 0. The summed E-state index contributed by atoms with van der Waals surface area (Å²) in [6, 6.07) is 19.9. The lowest BCUT2D eigenvalue weighted by molar-refractivity contribution is 0.401. The van der Waals surface area contributed by atoms with Crippen molar-refractivity contribution in [2.24, 2.45) is 10.2 Å². The Morgan fingerprint density at radius 2 is 0.897 bits per heavy atom. The molecule has 0 saturated heterocycles. The summed E-state index contributed by atoms with van der Waals surface area (Å²) < 4.78 is 0. The van der Waals surface area contributed by atoms with Crippen molar-refractivity contribution in [3.05, 3.63) is 139 Å². The van der Waals surface area contributed by atoms with Crippen molar-refractivity contribution >= 4 is 22.5 Å². The van der Waals surface area contributed by atoms with Gasteiger partial charge >= 0.3 is 0 Å². The van der Waals surface area contributed by atoms with Crippen LogP contribution < -0.4 is 0 Å². The van der Waals surface area contributed by atoms with Crippen LogP contribution in [0.2, 0.25) is 0 Å². The van der Waals surface area contributed by atoms with Crippen molar-refractivity contribution in [1.82, 2.24) is 0 Å². The predicted molar refractivity (Wildman–Crippen MR) is 145 cm³/mol. The fourth-order valence-electron chi connectivity index (χ4n) is 5.39. The number of rotatable bonds is 4. The van der Waals surface area contributed by atoms with Crippen LogP contribution >= 0.6 is 0 Å². The van der Waals surface area contributed by atoms with E-state index in [0.717, 1.165) is 22.3 Å². The summed E-state index contributed by atoms with van der Waals surface area (Å²) in [5.74, 6) is -1.17. The van der Waals surface area contributed by atoms with E-state index in [1.807, 2.05) is 12.2 Å². The van der Waals surface area contributed by atoms with Crippen molar-refractivity contribution in [3.63, 3.8) is 0 Å². The van der Waals surface area contributed by atoms with E-state index in [4.69, 9.17) is 11.1 Å². The van der Waals surface area contributed by atoms with Crippen molar-refractivity contribution < 1.29 is 20.4 Å². The first-order chi connectivity index (χ1) is 18.8. The second-order valence-corrected chi connectivity index (χ2v) is 9.23. The molecule has 0 unspecified atom stereocenters. The Kier molecular flexibility index (Phi) is 5.22. The highest BCUT2D eigenvalue weighted by atomic mass is 16.3. The molecule has 188 valence electrons. The molecular formula is C29H18N6O4. The molecule has 6 rings (SSSR count). The Morgan fingerprint density at radius 3 is 1.26 bits per heavy atom. The predicted octanol–water partition coefficient (Wildman–Crippen LogP) is 7.57. The lowest BCUT2D eigenvalue weighted by Crippen LogP contribution is -2.18. The highest BCUT2D eigenvalue weighted by Crippen LogP contribution is 2.58. The zero-order chi connectivity index (χ0) is 27.3. The highest BCUT2D eigenvalue weighted by molar-refractivity contribution is 5.97. The zero-order valence-corrected chi connectivity index (χ0v) is 20.1. The molecule has 10 nitrogen and oxygen atoms in total. The number of phenolic OH excluding ortho intramolecular Hbond substituents is 4. The minimum absolute atomic E-state index is 0.285. The molecule has 1 spiro atoms. The molecule has 0 saturated carbocycles. The number of fused-ring (bicyclic) bond motifs is 4. The van der Waals surface area contributed by atoms with Crippen LogP contribution in [0.15, 0.2) is 95.2 Å². The van der Waals surface area contributed by atoms with Gasteiger partial charge in [-0.05, 0) is 79.9 Å². The molecule has 0 aliphatic heterocycles. The fourth-order valence-corrected chi connectivity index (χ4v) is 5.39. The van der Waals surface area contributed by atoms with E-state index < -0.39 is 5.41 Å². The summed E-state index contributed by atoms with van der Waals surface area (Å²) in [4.78, 5) is 5.63. The van der Waals surface area contributed by atoms with Crippen LogP contribution in [0.4, 0.5) is 11.4 Å². The van der Waals surface area contributed by atoms with E-state index in [1.54, 1.807) is 48.5 Å². The van der Waals surface area contributed by atoms with E-state index in [9.17, 15) is 20.4 Å². The number of benzene rings is 4.